The number of carbonyl (C=O) groups excluding carboxylic acids is 1. The van der Waals surface area contributed by atoms with Crippen molar-refractivity contribution in [3.63, 3.8) is 0 Å². The van der Waals surface area contributed by atoms with Crippen molar-refractivity contribution >= 4 is 21.8 Å². The molecule has 0 radical (unpaired) electrons. The summed E-state index contributed by atoms with van der Waals surface area (Å²) in [5.74, 6) is 0.334. The molecule has 0 bridgehead atoms. The van der Waals surface area contributed by atoms with E-state index in [1.54, 1.807) is 18.3 Å². The molecule has 5 heteroatoms. The van der Waals surface area contributed by atoms with E-state index in [1.807, 2.05) is 14.1 Å². The van der Waals surface area contributed by atoms with Crippen molar-refractivity contribution in [2.45, 2.75) is 19.9 Å². The second-order valence-corrected chi connectivity index (χ2v) is 5.77. The van der Waals surface area contributed by atoms with Crippen LogP contribution in [-0.2, 0) is 0 Å². The van der Waals surface area contributed by atoms with Gasteiger partial charge in [0.1, 0.15) is 4.60 Å². The number of nitrogens with one attached hydrogen (secondary N) is 1. The Kier molecular flexibility index (Phi) is 5.75. The number of halogens is 1. The van der Waals surface area contributed by atoms with Crippen LogP contribution in [0.2, 0.25) is 0 Å². The SMILES string of the molecule is CC(C)C(CN(C)C)NC(=O)c1ccnc(Br)c1. The average Bonchev–Trinajstić information content (AvgIpc) is 2.27. The molecule has 1 aromatic rings. The van der Waals surface area contributed by atoms with Crippen molar-refractivity contribution in [2.75, 3.05) is 20.6 Å². The summed E-state index contributed by atoms with van der Waals surface area (Å²) in [7, 11) is 4.01. The molecule has 1 unspecified atom stereocenters. The van der Waals surface area contributed by atoms with E-state index in [9.17, 15) is 4.79 Å². The van der Waals surface area contributed by atoms with Gasteiger partial charge in [0, 0.05) is 24.3 Å². The highest BCUT2D eigenvalue weighted by Crippen LogP contribution is 2.09. The lowest BCUT2D eigenvalue weighted by molar-refractivity contribution is 0.0916. The van der Waals surface area contributed by atoms with Crippen LogP contribution in [-0.4, -0.2) is 42.5 Å². The number of nitrogens with zero attached hydrogens (tertiary/aromatic N) is 2. The van der Waals surface area contributed by atoms with Crippen molar-refractivity contribution in [3.8, 4) is 0 Å². The number of aromatic nitrogens is 1. The molecule has 1 rings (SSSR count). The van der Waals surface area contributed by atoms with Crippen molar-refractivity contribution < 1.29 is 4.79 Å². The van der Waals surface area contributed by atoms with Gasteiger partial charge in [-0.15, -0.1) is 0 Å². The molecular weight excluding hydrogens is 294 g/mol. The van der Waals surface area contributed by atoms with E-state index in [1.165, 1.54) is 0 Å². The average molecular weight is 314 g/mol. The van der Waals surface area contributed by atoms with Gasteiger partial charge in [-0.2, -0.15) is 0 Å². The maximum atomic E-state index is 12.1. The van der Waals surface area contributed by atoms with Gasteiger partial charge in [0.05, 0.1) is 0 Å². The highest BCUT2D eigenvalue weighted by molar-refractivity contribution is 9.10. The lowest BCUT2D eigenvalue weighted by Crippen LogP contribution is -2.45. The van der Waals surface area contributed by atoms with Crippen LogP contribution in [0.5, 0.6) is 0 Å². The molecule has 0 saturated heterocycles. The molecule has 1 aromatic heterocycles. The number of pyridine rings is 1. The van der Waals surface area contributed by atoms with Crippen molar-refractivity contribution in [1.29, 1.82) is 0 Å². The van der Waals surface area contributed by atoms with Crippen LogP contribution in [0, 0.1) is 5.92 Å². The minimum absolute atomic E-state index is 0.0568. The van der Waals surface area contributed by atoms with E-state index in [0.717, 1.165) is 6.54 Å². The normalized spacial score (nSPS) is 12.8. The van der Waals surface area contributed by atoms with Crippen molar-refractivity contribution in [2.24, 2.45) is 5.92 Å². The Hall–Kier alpha value is -0.940. The maximum Gasteiger partial charge on any atom is 0.251 e. The highest BCUT2D eigenvalue weighted by Gasteiger charge is 2.18. The first-order valence-corrected chi connectivity index (χ1v) is 6.76. The Bertz CT molecular complexity index is 407. The first-order valence-electron chi connectivity index (χ1n) is 5.97. The fraction of sp³-hybridized carbons (Fsp3) is 0.538. The summed E-state index contributed by atoms with van der Waals surface area (Å²) < 4.78 is 0.670. The van der Waals surface area contributed by atoms with E-state index >= 15 is 0 Å². The quantitative estimate of drug-likeness (QED) is 0.847. The third-order valence-corrected chi connectivity index (χ3v) is 3.11. The summed E-state index contributed by atoms with van der Waals surface area (Å²) in [6.07, 6.45) is 1.62. The van der Waals surface area contributed by atoms with Gasteiger partial charge in [0.2, 0.25) is 0 Å². The van der Waals surface area contributed by atoms with Crippen LogP contribution in [0.15, 0.2) is 22.9 Å². The standard InChI is InChI=1S/C13H20BrN3O/c1-9(2)11(8-17(3)4)16-13(18)10-5-6-15-12(14)7-10/h5-7,9,11H,8H2,1-4H3,(H,16,18). The first-order chi connectivity index (χ1) is 8.40. The van der Waals surface area contributed by atoms with E-state index in [4.69, 9.17) is 0 Å². The van der Waals surface area contributed by atoms with Gasteiger partial charge in [0.15, 0.2) is 0 Å². The van der Waals surface area contributed by atoms with E-state index in [0.29, 0.717) is 16.1 Å². The fourth-order valence-electron chi connectivity index (χ4n) is 1.61. The molecule has 0 aliphatic carbocycles. The van der Waals surface area contributed by atoms with Gasteiger partial charge in [-0.05, 0) is 48.1 Å². The summed E-state index contributed by atoms with van der Waals surface area (Å²) in [6, 6.07) is 3.58. The highest BCUT2D eigenvalue weighted by atomic mass is 79.9. The molecule has 1 amide bonds. The van der Waals surface area contributed by atoms with Crippen LogP contribution in [0.4, 0.5) is 0 Å². The molecule has 18 heavy (non-hydrogen) atoms. The fourth-order valence-corrected chi connectivity index (χ4v) is 1.98. The van der Waals surface area contributed by atoms with Gasteiger partial charge in [-0.25, -0.2) is 4.98 Å². The molecule has 0 saturated carbocycles. The number of rotatable bonds is 5. The lowest BCUT2D eigenvalue weighted by atomic mass is 10.0. The van der Waals surface area contributed by atoms with E-state index < -0.39 is 0 Å². The van der Waals surface area contributed by atoms with Gasteiger partial charge < -0.3 is 10.2 Å². The van der Waals surface area contributed by atoms with Crippen LogP contribution < -0.4 is 5.32 Å². The Balaban J connectivity index is 2.72. The molecule has 1 heterocycles. The third-order valence-electron chi connectivity index (χ3n) is 2.67. The summed E-state index contributed by atoms with van der Waals surface area (Å²) in [4.78, 5) is 18.2. The zero-order valence-corrected chi connectivity index (χ0v) is 12.9. The van der Waals surface area contributed by atoms with Crippen LogP contribution >= 0.6 is 15.9 Å². The smallest absolute Gasteiger partial charge is 0.251 e. The number of carbonyl (C=O) groups is 1. The molecule has 0 aromatic carbocycles. The number of likely N-dealkylation sites (N-methyl/N-ethyl adjacent to an activating group) is 1. The second kappa shape index (κ2) is 6.85. The molecule has 100 valence electrons. The summed E-state index contributed by atoms with van der Waals surface area (Å²) in [5, 5.41) is 3.06. The molecular formula is C13H20BrN3O. The first kappa shape index (κ1) is 15.1. The molecule has 0 aliphatic rings. The Morgan fingerprint density at radius 1 is 1.50 bits per heavy atom. The van der Waals surface area contributed by atoms with E-state index in [2.05, 4.69) is 45.0 Å². The Morgan fingerprint density at radius 3 is 2.67 bits per heavy atom. The summed E-state index contributed by atoms with van der Waals surface area (Å²) in [6.45, 7) is 5.05. The summed E-state index contributed by atoms with van der Waals surface area (Å²) in [5.41, 5.74) is 0.626. The third kappa shape index (κ3) is 4.74. The molecule has 0 spiro atoms. The summed E-state index contributed by atoms with van der Waals surface area (Å²) >= 11 is 3.27. The number of hydrogen-bond acceptors (Lipinski definition) is 3. The van der Waals surface area contributed by atoms with E-state index in [-0.39, 0.29) is 11.9 Å². The predicted molar refractivity (Wildman–Crippen MR) is 76.6 cm³/mol. The molecule has 0 aliphatic heterocycles. The van der Waals surface area contributed by atoms with Crippen LogP contribution in [0.25, 0.3) is 0 Å². The Labute approximate surface area is 117 Å². The van der Waals surface area contributed by atoms with Crippen molar-refractivity contribution in [3.05, 3.63) is 28.5 Å². The zero-order chi connectivity index (χ0) is 13.7. The van der Waals surface area contributed by atoms with Crippen LogP contribution in [0.1, 0.15) is 24.2 Å². The van der Waals surface area contributed by atoms with Gasteiger partial charge in [-0.3, -0.25) is 4.79 Å². The molecule has 4 nitrogen and oxygen atoms in total. The van der Waals surface area contributed by atoms with Gasteiger partial charge in [-0.1, -0.05) is 13.8 Å². The Morgan fingerprint density at radius 2 is 2.17 bits per heavy atom. The number of amides is 1. The number of hydrogen-bond donors (Lipinski definition) is 1. The van der Waals surface area contributed by atoms with Gasteiger partial charge >= 0.3 is 0 Å². The van der Waals surface area contributed by atoms with Gasteiger partial charge in [0.25, 0.3) is 5.91 Å². The lowest BCUT2D eigenvalue weighted by Gasteiger charge is -2.25. The zero-order valence-electron chi connectivity index (χ0n) is 11.3. The monoisotopic (exact) mass is 313 g/mol. The largest absolute Gasteiger partial charge is 0.348 e. The molecule has 1 atom stereocenters. The predicted octanol–water partition coefficient (Wildman–Crippen LogP) is 2.16. The minimum atomic E-state index is -0.0568. The van der Waals surface area contributed by atoms with Crippen LogP contribution in [0.3, 0.4) is 0 Å². The molecule has 1 N–H and O–H groups in total. The van der Waals surface area contributed by atoms with Crippen molar-refractivity contribution in [1.82, 2.24) is 15.2 Å². The molecule has 0 fully saturated rings. The minimum Gasteiger partial charge on any atom is -0.348 e. The second-order valence-electron chi connectivity index (χ2n) is 4.95. The topological polar surface area (TPSA) is 45.2 Å². The maximum absolute atomic E-state index is 12.1.